The van der Waals surface area contributed by atoms with Crippen molar-refractivity contribution in [3.63, 3.8) is 0 Å². The maximum Gasteiger partial charge on any atom is 0.350 e. The molecule has 13 heavy (non-hydrogen) atoms. The van der Waals surface area contributed by atoms with E-state index in [1.165, 1.54) is 6.07 Å². The molecule has 0 unspecified atom stereocenters. The molecule has 0 spiro atoms. The monoisotopic (exact) mass is 176 g/mol. The molecule has 0 saturated carbocycles. The summed E-state index contributed by atoms with van der Waals surface area (Å²) in [5.41, 5.74) is 0.337. The summed E-state index contributed by atoms with van der Waals surface area (Å²) in [4.78, 5) is 10.7. The molecule has 2 nitrogen and oxygen atoms in total. The van der Waals surface area contributed by atoms with Gasteiger partial charge in [0, 0.05) is 11.5 Å². The van der Waals surface area contributed by atoms with Gasteiger partial charge in [0.2, 0.25) is 0 Å². The molecule has 1 aromatic heterocycles. The van der Waals surface area contributed by atoms with Crippen LogP contribution in [0.5, 0.6) is 0 Å². The topological polar surface area (TPSA) is 30.2 Å². The second-order valence-electron chi connectivity index (χ2n) is 2.29. The van der Waals surface area contributed by atoms with Gasteiger partial charge in [-0.25, -0.2) is 4.79 Å². The highest BCUT2D eigenvalue weighted by Crippen LogP contribution is 2.08. The molecule has 2 aromatic rings. The van der Waals surface area contributed by atoms with E-state index in [4.69, 9.17) is 8.73 Å². The van der Waals surface area contributed by atoms with Crippen molar-refractivity contribution in [2.75, 3.05) is 0 Å². The van der Waals surface area contributed by atoms with Crippen LogP contribution in [0.4, 0.5) is 4.32 Å². The third-order valence-corrected chi connectivity index (χ3v) is 1.53. The molecule has 0 aliphatic rings. The van der Waals surface area contributed by atoms with Gasteiger partial charge in [-0.05, 0) is 12.1 Å². The van der Waals surface area contributed by atoms with Crippen LogP contribution in [0.2, 0.25) is 0 Å². The normalized spacial score (nSPS) is 9.00. The molecule has 0 atom stereocenters. The van der Waals surface area contributed by atoms with Gasteiger partial charge >= 0.3 is 13.7 Å². The number of rotatable bonds is 0. The summed E-state index contributed by atoms with van der Waals surface area (Å²) in [5, 5.41) is 0.951. The van der Waals surface area contributed by atoms with Gasteiger partial charge < -0.3 is 8.73 Å². The summed E-state index contributed by atoms with van der Waals surface area (Å²) < 4.78 is 13.9. The number of hydrogen-bond donors (Lipinski definition) is 0. The average molecular weight is 176 g/mol. The van der Waals surface area contributed by atoms with E-state index in [1.54, 1.807) is 12.1 Å². The molecule has 2 radical (unpaired) electrons. The van der Waals surface area contributed by atoms with E-state index < -0.39 is 0 Å². The van der Waals surface area contributed by atoms with E-state index in [9.17, 15) is 4.79 Å². The molecule has 2 rings (SSSR count). The van der Waals surface area contributed by atoms with Crippen LogP contribution in [0, 0.1) is 0 Å². The van der Waals surface area contributed by atoms with Crippen LogP contribution in [0.1, 0.15) is 0 Å². The number of para-hydroxylation sites is 1. The van der Waals surface area contributed by atoms with Crippen LogP contribution in [0.25, 0.3) is 11.0 Å². The minimum atomic E-state index is -0.302. The van der Waals surface area contributed by atoms with Crippen LogP contribution in [0.3, 0.4) is 0 Å². The Bertz CT molecular complexity index is 439. The van der Waals surface area contributed by atoms with Gasteiger partial charge in [0.15, 0.2) is 0 Å². The second kappa shape index (κ2) is 4.45. The minimum absolute atomic E-state index is 0.302. The van der Waals surface area contributed by atoms with Gasteiger partial charge in [-0.2, -0.15) is 0 Å². The highest BCUT2D eigenvalue weighted by Gasteiger charge is 1.92. The molecule has 64 valence electrons. The maximum atomic E-state index is 10.7. The Labute approximate surface area is 75.5 Å². The Hall–Kier alpha value is -1.58. The van der Waals surface area contributed by atoms with Crippen molar-refractivity contribution in [2.45, 2.75) is 0 Å². The first-order valence-electron chi connectivity index (χ1n) is 3.57. The van der Waals surface area contributed by atoms with Crippen molar-refractivity contribution in [1.82, 2.24) is 0 Å². The lowest BCUT2D eigenvalue weighted by Crippen LogP contribution is -1.93. The van der Waals surface area contributed by atoms with Crippen LogP contribution < -0.4 is 5.63 Å². The third-order valence-electron chi connectivity index (χ3n) is 1.53. The third kappa shape index (κ3) is 2.18. The zero-order chi connectivity index (χ0) is 9.68. The number of fused-ring (bicyclic) bond motifs is 1. The van der Waals surface area contributed by atoms with Crippen molar-refractivity contribution in [2.24, 2.45) is 0 Å². The van der Waals surface area contributed by atoms with Crippen LogP contribution in [0.15, 0.2) is 45.6 Å². The van der Waals surface area contributed by atoms with Gasteiger partial charge in [-0.15, -0.1) is 0 Å². The van der Waals surface area contributed by atoms with Crippen molar-refractivity contribution in [1.29, 1.82) is 0 Å². The largest absolute Gasteiger partial charge is 0.423 e. The van der Waals surface area contributed by atoms with E-state index in [0.717, 1.165) is 5.39 Å². The molecule has 0 aliphatic carbocycles. The van der Waals surface area contributed by atoms with Gasteiger partial charge in [0.25, 0.3) is 0 Å². The van der Waals surface area contributed by atoms with Crippen LogP contribution in [-0.4, -0.2) is 8.12 Å². The lowest BCUT2D eigenvalue weighted by atomic mass is 10.2. The highest BCUT2D eigenvalue weighted by molar-refractivity contribution is 5.96. The maximum absolute atomic E-state index is 10.7. The van der Waals surface area contributed by atoms with E-state index in [2.05, 4.69) is 8.12 Å². The first kappa shape index (κ1) is 9.51. The molecule has 4 heteroatoms. The van der Waals surface area contributed by atoms with Crippen LogP contribution in [-0.2, 0) is 0 Å². The summed E-state index contributed by atoms with van der Waals surface area (Å²) in [5.74, 6) is 0. The molecule has 1 heterocycles. The second-order valence-corrected chi connectivity index (χ2v) is 2.29. The lowest BCUT2D eigenvalue weighted by Gasteiger charge is -1.91. The number of halogens is 1. The molecule has 0 saturated heterocycles. The van der Waals surface area contributed by atoms with Gasteiger partial charge in [-0.1, -0.05) is 18.2 Å². The number of hydrogen-bond acceptors (Lipinski definition) is 2. The Balaban J connectivity index is 0.000000396. The van der Waals surface area contributed by atoms with Crippen molar-refractivity contribution >= 4 is 19.1 Å². The lowest BCUT2D eigenvalue weighted by molar-refractivity contribution is 0.561. The summed E-state index contributed by atoms with van der Waals surface area (Å²) in [7, 11) is 3.00. The molecule has 0 bridgehead atoms. The van der Waals surface area contributed by atoms with E-state index in [1.807, 2.05) is 18.2 Å². The molecule has 1 aromatic carbocycles. The average Bonchev–Trinajstić information content (AvgIpc) is 2.21. The van der Waals surface area contributed by atoms with Gasteiger partial charge in [0.05, 0.1) is 0 Å². The molecular formula is C9H6BFO2. The fourth-order valence-corrected chi connectivity index (χ4v) is 1.01. The fourth-order valence-electron chi connectivity index (χ4n) is 1.01. The minimum Gasteiger partial charge on any atom is -0.423 e. The quantitative estimate of drug-likeness (QED) is 0.452. The van der Waals surface area contributed by atoms with Crippen LogP contribution >= 0.6 is 0 Å². The Kier molecular flexibility index (Phi) is 3.26. The molecule has 0 fully saturated rings. The predicted molar refractivity (Wildman–Crippen MR) is 49.3 cm³/mol. The first-order valence-corrected chi connectivity index (χ1v) is 3.57. The smallest absolute Gasteiger partial charge is 0.350 e. The zero-order valence-corrected chi connectivity index (χ0v) is 6.74. The van der Waals surface area contributed by atoms with E-state index in [-0.39, 0.29) is 5.63 Å². The molecule has 0 N–H and O–H groups in total. The van der Waals surface area contributed by atoms with E-state index in [0.29, 0.717) is 5.58 Å². The molecule has 0 amide bonds. The Morgan fingerprint density at radius 3 is 2.54 bits per heavy atom. The van der Waals surface area contributed by atoms with E-state index >= 15 is 0 Å². The van der Waals surface area contributed by atoms with Crippen molar-refractivity contribution in [3.05, 3.63) is 46.8 Å². The molecular weight excluding hydrogens is 170 g/mol. The fraction of sp³-hybridized carbons (Fsp3) is 0. The standard InChI is InChI=1S/C9H6O2.BF/c10-9-6-5-7-3-1-2-4-8(7)11-9;1-2/h1-6H;. The van der Waals surface area contributed by atoms with Gasteiger partial charge in [-0.3, -0.25) is 0 Å². The number of benzene rings is 1. The summed E-state index contributed by atoms with van der Waals surface area (Å²) in [6.45, 7) is 0. The summed E-state index contributed by atoms with van der Waals surface area (Å²) in [6.07, 6.45) is 0. The Morgan fingerprint density at radius 2 is 1.77 bits per heavy atom. The SMILES string of the molecule is O=c1ccc2ccccc2o1.[B]F. The zero-order valence-electron chi connectivity index (χ0n) is 6.74. The first-order chi connectivity index (χ1) is 6.36. The predicted octanol–water partition coefficient (Wildman–Crippen LogP) is 1.83. The highest BCUT2D eigenvalue weighted by atomic mass is 19.1. The Morgan fingerprint density at radius 1 is 1.08 bits per heavy atom. The van der Waals surface area contributed by atoms with Crippen molar-refractivity contribution < 1.29 is 8.73 Å². The molecule has 0 aliphatic heterocycles. The van der Waals surface area contributed by atoms with Gasteiger partial charge in [0.1, 0.15) is 5.58 Å². The summed E-state index contributed by atoms with van der Waals surface area (Å²) in [6, 6.07) is 10.6. The summed E-state index contributed by atoms with van der Waals surface area (Å²) >= 11 is 0. The van der Waals surface area contributed by atoms with Crippen molar-refractivity contribution in [3.8, 4) is 0 Å².